The van der Waals surface area contributed by atoms with Gasteiger partial charge in [0, 0.05) is 43.8 Å². The van der Waals surface area contributed by atoms with Crippen molar-refractivity contribution in [1.29, 1.82) is 0 Å². The normalized spacial score (nSPS) is 15.4. The van der Waals surface area contributed by atoms with Gasteiger partial charge in [0.05, 0.1) is 22.6 Å². The van der Waals surface area contributed by atoms with Crippen LogP contribution in [0.15, 0.2) is 42.6 Å². The van der Waals surface area contributed by atoms with Crippen LogP contribution in [-0.4, -0.2) is 60.2 Å². The highest BCUT2D eigenvalue weighted by Gasteiger charge is 2.32. The number of ether oxygens (including phenoxy) is 1. The highest BCUT2D eigenvalue weighted by atomic mass is 16.6. The topological polar surface area (TPSA) is 95.1 Å². The van der Waals surface area contributed by atoms with Crippen LogP contribution in [0.1, 0.15) is 42.3 Å². The summed E-state index contributed by atoms with van der Waals surface area (Å²) in [5.41, 5.74) is 4.26. The van der Waals surface area contributed by atoms with Crippen molar-refractivity contribution in [2.75, 3.05) is 41.8 Å². The molecule has 0 spiro atoms. The molecular weight excluding hydrogens is 470 g/mol. The molecule has 1 N–H and O–H groups in total. The van der Waals surface area contributed by atoms with E-state index in [1.807, 2.05) is 45.9 Å². The monoisotopic (exact) mass is 501 g/mol. The van der Waals surface area contributed by atoms with Crippen molar-refractivity contribution >= 4 is 46.0 Å². The zero-order valence-electron chi connectivity index (χ0n) is 21.8. The molecule has 192 valence electrons. The molecular formula is C28H31N5O4. The summed E-state index contributed by atoms with van der Waals surface area (Å²) in [4.78, 5) is 48.6. The lowest BCUT2D eigenvalue weighted by Crippen LogP contribution is -2.35. The molecule has 2 aliphatic heterocycles. The van der Waals surface area contributed by atoms with Crippen LogP contribution in [0.3, 0.4) is 0 Å². The fraction of sp³-hybridized carbons (Fsp3) is 0.357. The van der Waals surface area contributed by atoms with Crippen LogP contribution in [-0.2, 0) is 11.2 Å². The van der Waals surface area contributed by atoms with Crippen LogP contribution in [0, 0.1) is 6.92 Å². The summed E-state index contributed by atoms with van der Waals surface area (Å²) in [6, 6.07) is 10.9. The summed E-state index contributed by atoms with van der Waals surface area (Å²) in [5, 5.41) is 3.82. The lowest BCUT2D eigenvalue weighted by molar-refractivity contribution is 0.0583. The Kier molecular flexibility index (Phi) is 6.01. The Bertz CT molecular complexity index is 1430. The molecule has 1 fully saturated rings. The smallest absolute Gasteiger partial charge is 0.414 e. The third-order valence-corrected chi connectivity index (χ3v) is 6.67. The fourth-order valence-corrected chi connectivity index (χ4v) is 4.97. The zero-order valence-corrected chi connectivity index (χ0v) is 21.8. The van der Waals surface area contributed by atoms with E-state index >= 15 is 0 Å². The van der Waals surface area contributed by atoms with Gasteiger partial charge in [0.2, 0.25) is 0 Å². The molecule has 0 unspecified atom stereocenters. The van der Waals surface area contributed by atoms with E-state index in [2.05, 4.69) is 10.3 Å². The predicted molar refractivity (Wildman–Crippen MR) is 144 cm³/mol. The molecule has 1 aromatic heterocycles. The molecule has 1 saturated heterocycles. The van der Waals surface area contributed by atoms with Crippen LogP contribution in [0.5, 0.6) is 0 Å². The van der Waals surface area contributed by atoms with Gasteiger partial charge >= 0.3 is 12.1 Å². The van der Waals surface area contributed by atoms with Gasteiger partial charge in [0.1, 0.15) is 5.60 Å². The van der Waals surface area contributed by atoms with Gasteiger partial charge in [-0.15, -0.1) is 0 Å². The molecule has 0 atom stereocenters. The van der Waals surface area contributed by atoms with Crippen LogP contribution in [0.2, 0.25) is 0 Å². The SMILES string of the molecule is Cc1cnc2c(NC(=O)c3cccc4c3CCN4C(=O)OC(C)(C)C)cccc2c1N1CCN(C)C1=O. The first-order chi connectivity index (χ1) is 17.5. The van der Waals surface area contributed by atoms with Crippen molar-refractivity contribution in [3.8, 4) is 0 Å². The molecule has 2 aliphatic rings. The second-order valence-electron chi connectivity index (χ2n) is 10.5. The number of fused-ring (bicyclic) bond motifs is 2. The fourth-order valence-electron chi connectivity index (χ4n) is 4.97. The molecule has 9 heteroatoms. The largest absolute Gasteiger partial charge is 0.443 e. The molecule has 3 aromatic rings. The van der Waals surface area contributed by atoms with Crippen LogP contribution >= 0.6 is 0 Å². The standard InChI is InChI=1S/C28H31N5O4/c1-17-16-29-23-20(24(17)33-15-14-31(5)26(33)35)9-6-10-21(23)30-25(34)19-8-7-11-22-18(19)12-13-32(22)27(36)37-28(2,3)4/h6-11,16H,12-15H2,1-5H3,(H,30,34). The number of nitrogens with zero attached hydrogens (tertiary/aromatic N) is 4. The Labute approximate surface area is 216 Å². The highest BCUT2D eigenvalue weighted by Crippen LogP contribution is 2.36. The van der Waals surface area contributed by atoms with Gasteiger partial charge in [-0.1, -0.05) is 18.2 Å². The van der Waals surface area contributed by atoms with Crippen molar-refractivity contribution < 1.29 is 19.1 Å². The van der Waals surface area contributed by atoms with Crippen molar-refractivity contribution in [3.05, 3.63) is 59.3 Å². The molecule has 2 aromatic carbocycles. The van der Waals surface area contributed by atoms with Gasteiger partial charge in [-0.05, 0) is 63.4 Å². The van der Waals surface area contributed by atoms with Crippen LogP contribution in [0.4, 0.5) is 26.7 Å². The summed E-state index contributed by atoms with van der Waals surface area (Å²) in [7, 11) is 1.79. The maximum Gasteiger partial charge on any atom is 0.414 e. The Balaban J connectivity index is 1.46. The average Bonchev–Trinajstić information content (AvgIpc) is 3.41. The number of carbonyl (C=O) groups is 3. The molecule has 5 rings (SSSR count). The number of aromatic nitrogens is 1. The van der Waals surface area contributed by atoms with Gasteiger partial charge in [0.25, 0.3) is 5.91 Å². The number of rotatable bonds is 3. The molecule has 4 amide bonds. The predicted octanol–water partition coefficient (Wildman–Crippen LogP) is 4.96. The molecule has 0 saturated carbocycles. The number of carbonyl (C=O) groups excluding carboxylic acids is 3. The maximum absolute atomic E-state index is 13.5. The van der Waals surface area contributed by atoms with E-state index < -0.39 is 11.7 Å². The average molecular weight is 502 g/mol. The van der Waals surface area contributed by atoms with E-state index in [0.717, 1.165) is 22.2 Å². The minimum Gasteiger partial charge on any atom is -0.443 e. The number of para-hydroxylation sites is 1. The Morgan fingerprint density at radius 3 is 2.51 bits per heavy atom. The number of urea groups is 1. The first-order valence-corrected chi connectivity index (χ1v) is 12.4. The number of anilines is 3. The van der Waals surface area contributed by atoms with Gasteiger partial charge in [-0.2, -0.15) is 0 Å². The summed E-state index contributed by atoms with van der Waals surface area (Å²) in [6.07, 6.45) is 1.87. The molecule has 37 heavy (non-hydrogen) atoms. The summed E-state index contributed by atoms with van der Waals surface area (Å²) in [5.74, 6) is -0.281. The number of benzene rings is 2. The van der Waals surface area contributed by atoms with E-state index in [9.17, 15) is 14.4 Å². The van der Waals surface area contributed by atoms with Gasteiger partial charge in [-0.3, -0.25) is 19.6 Å². The van der Waals surface area contributed by atoms with Gasteiger partial charge in [-0.25, -0.2) is 9.59 Å². The van der Waals surface area contributed by atoms with E-state index in [4.69, 9.17) is 4.74 Å². The molecule has 0 bridgehead atoms. The van der Waals surface area contributed by atoms with E-state index in [0.29, 0.717) is 48.5 Å². The molecule has 3 heterocycles. The lowest BCUT2D eigenvalue weighted by atomic mass is 10.0. The quantitative estimate of drug-likeness (QED) is 0.547. The zero-order chi connectivity index (χ0) is 26.5. The first-order valence-electron chi connectivity index (χ1n) is 12.4. The summed E-state index contributed by atoms with van der Waals surface area (Å²) >= 11 is 0. The maximum atomic E-state index is 13.5. The third-order valence-electron chi connectivity index (χ3n) is 6.67. The van der Waals surface area contributed by atoms with Gasteiger partial charge < -0.3 is 15.0 Å². The number of nitrogens with one attached hydrogen (secondary N) is 1. The number of hydrogen-bond donors (Lipinski definition) is 1. The van der Waals surface area contributed by atoms with Crippen molar-refractivity contribution in [3.63, 3.8) is 0 Å². The summed E-state index contributed by atoms with van der Waals surface area (Å²) < 4.78 is 5.55. The van der Waals surface area contributed by atoms with Crippen LogP contribution in [0.25, 0.3) is 10.9 Å². The van der Waals surface area contributed by atoms with Crippen molar-refractivity contribution in [1.82, 2.24) is 9.88 Å². The van der Waals surface area contributed by atoms with Crippen molar-refractivity contribution in [2.24, 2.45) is 0 Å². The second kappa shape index (κ2) is 9.06. The number of aryl methyl sites for hydroxylation is 1. The minimum absolute atomic E-state index is 0.0561. The van der Waals surface area contributed by atoms with E-state index in [-0.39, 0.29) is 11.9 Å². The number of likely N-dealkylation sites (N-methyl/N-ethyl adjacent to an activating group) is 1. The lowest BCUT2D eigenvalue weighted by Gasteiger charge is -2.24. The van der Waals surface area contributed by atoms with Crippen LogP contribution < -0.4 is 15.1 Å². The summed E-state index contributed by atoms with van der Waals surface area (Å²) in [6.45, 7) is 9.11. The molecule has 0 radical (unpaired) electrons. The van der Waals surface area contributed by atoms with Crippen molar-refractivity contribution in [2.45, 2.75) is 39.7 Å². The number of pyridine rings is 1. The Morgan fingerprint density at radius 1 is 1.05 bits per heavy atom. The Hall–Kier alpha value is -4.14. The third kappa shape index (κ3) is 4.45. The van der Waals surface area contributed by atoms with Gasteiger partial charge in [0.15, 0.2) is 0 Å². The first kappa shape index (κ1) is 24.5. The number of hydrogen-bond acceptors (Lipinski definition) is 5. The molecule has 0 aliphatic carbocycles. The van der Waals surface area contributed by atoms with E-state index in [1.54, 1.807) is 46.1 Å². The molecule has 9 nitrogen and oxygen atoms in total. The minimum atomic E-state index is -0.609. The van der Waals surface area contributed by atoms with E-state index in [1.165, 1.54) is 0 Å². The second-order valence-corrected chi connectivity index (χ2v) is 10.5. The highest BCUT2D eigenvalue weighted by molar-refractivity contribution is 6.13. The number of amides is 4. The Morgan fingerprint density at radius 2 is 1.81 bits per heavy atom.